The van der Waals surface area contributed by atoms with Crippen LogP contribution in [0, 0.1) is 11.3 Å². The molecule has 0 unspecified atom stereocenters. The molecule has 2 saturated heterocycles. The molecule has 0 aliphatic carbocycles. The molecule has 36 heavy (non-hydrogen) atoms. The van der Waals surface area contributed by atoms with Gasteiger partial charge in [-0.1, -0.05) is 19.9 Å². The lowest BCUT2D eigenvalue weighted by atomic mass is 9.77. The van der Waals surface area contributed by atoms with E-state index >= 15 is 0 Å². The predicted molar refractivity (Wildman–Crippen MR) is 115 cm³/mol. The minimum Gasteiger partial charge on any atom is -0.475 e. The Morgan fingerprint density at radius 3 is 1.83 bits per heavy atom. The summed E-state index contributed by atoms with van der Waals surface area (Å²) < 4.78 is 63.5. The summed E-state index contributed by atoms with van der Waals surface area (Å²) in [5.74, 6) is -4.54. The number of carboxylic acid groups (broad SMARTS) is 2. The lowest BCUT2D eigenvalue weighted by molar-refractivity contribution is -0.193. The Balaban J connectivity index is 0.000000383. The fourth-order valence-electron chi connectivity index (χ4n) is 3.83. The van der Waals surface area contributed by atoms with Gasteiger partial charge in [-0.15, -0.1) is 0 Å². The third-order valence-electron chi connectivity index (χ3n) is 5.60. The van der Waals surface area contributed by atoms with Crippen molar-refractivity contribution in [3.05, 3.63) is 30.1 Å². The molecule has 2 aliphatic rings. The minimum absolute atomic E-state index is 0.0600. The van der Waals surface area contributed by atoms with Gasteiger partial charge in [-0.2, -0.15) is 26.3 Å². The smallest absolute Gasteiger partial charge is 0.475 e. The molecule has 2 aliphatic heterocycles. The summed E-state index contributed by atoms with van der Waals surface area (Å²) >= 11 is 0. The molecular formula is C22H29F6N3O5. The second-order valence-electron chi connectivity index (χ2n) is 8.88. The van der Waals surface area contributed by atoms with Crippen LogP contribution in [-0.4, -0.2) is 81.4 Å². The number of rotatable bonds is 4. The summed E-state index contributed by atoms with van der Waals surface area (Å²) in [5, 5.41) is 14.2. The third kappa shape index (κ3) is 9.99. The molecule has 0 atom stereocenters. The zero-order valence-electron chi connectivity index (χ0n) is 19.8. The van der Waals surface area contributed by atoms with E-state index in [-0.39, 0.29) is 5.41 Å². The van der Waals surface area contributed by atoms with E-state index in [0.717, 1.165) is 57.7 Å². The van der Waals surface area contributed by atoms with Crippen LogP contribution in [0.1, 0.15) is 38.8 Å². The molecule has 0 bridgehead atoms. The van der Waals surface area contributed by atoms with Gasteiger partial charge in [0.2, 0.25) is 5.91 Å². The maximum atomic E-state index is 12.8. The Hall–Kier alpha value is -2.90. The molecule has 0 aromatic carbocycles. The zero-order chi connectivity index (χ0) is 27.7. The first-order chi connectivity index (χ1) is 16.5. The molecule has 14 heteroatoms. The van der Waals surface area contributed by atoms with Crippen molar-refractivity contribution in [2.75, 3.05) is 26.2 Å². The highest BCUT2D eigenvalue weighted by molar-refractivity contribution is 5.85. The van der Waals surface area contributed by atoms with Crippen molar-refractivity contribution in [3.63, 3.8) is 0 Å². The van der Waals surface area contributed by atoms with E-state index in [9.17, 15) is 31.1 Å². The number of carboxylic acids is 2. The van der Waals surface area contributed by atoms with Gasteiger partial charge in [0.05, 0.1) is 11.1 Å². The quantitative estimate of drug-likeness (QED) is 0.571. The molecule has 3 rings (SSSR count). The van der Waals surface area contributed by atoms with Crippen LogP contribution in [0.25, 0.3) is 0 Å². The van der Waals surface area contributed by atoms with Gasteiger partial charge in [0, 0.05) is 25.8 Å². The number of pyridine rings is 1. The molecule has 0 radical (unpaired) electrons. The summed E-state index contributed by atoms with van der Waals surface area (Å²) in [6, 6.07) is 6.07. The Bertz CT molecular complexity index is 845. The van der Waals surface area contributed by atoms with Crippen molar-refractivity contribution >= 4 is 17.8 Å². The van der Waals surface area contributed by atoms with Crippen LogP contribution in [0.2, 0.25) is 0 Å². The van der Waals surface area contributed by atoms with Gasteiger partial charge in [-0.05, 0) is 50.4 Å². The number of carbonyl (C=O) groups is 3. The molecule has 2 N–H and O–H groups in total. The largest absolute Gasteiger partial charge is 0.490 e. The highest BCUT2D eigenvalue weighted by Crippen LogP contribution is 2.41. The van der Waals surface area contributed by atoms with Crippen LogP contribution in [0.5, 0.6) is 0 Å². The first kappa shape index (κ1) is 31.1. The van der Waals surface area contributed by atoms with E-state index in [2.05, 4.69) is 34.7 Å². The van der Waals surface area contributed by atoms with Gasteiger partial charge < -0.3 is 15.1 Å². The van der Waals surface area contributed by atoms with E-state index < -0.39 is 24.3 Å². The van der Waals surface area contributed by atoms with Crippen molar-refractivity contribution in [2.45, 2.75) is 52.0 Å². The van der Waals surface area contributed by atoms with Crippen LogP contribution in [-0.2, 0) is 20.9 Å². The topological polar surface area (TPSA) is 111 Å². The lowest BCUT2D eigenvalue weighted by Crippen LogP contribution is -2.44. The molecule has 0 saturated carbocycles. The number of alkyl halides is 6. The highest BCUT2D eigenvalue weighted by atomic mass is 19.4. The average Bonchev–Trinajstić information content (AvgIpc) is 3.05. The molecular weight excluding hydrogens is 500 g/mol. The van der Waals surface area contributed by atoms with Gasteiger partial charge in [0.15, 0.2) is 0 Å². The summed E-state index contributed by atoms with van der Waals surface area (Å²) in [6.07, 6.45) is -5.25. The fraction of sp³-hybridized carbons (Fsp3) is 0.636. The summed E-state index contributed by atoms with van der Waals surface area (Å²) in [4.78, 5) is 39.5. The monoisotopic (exact) mass is 529 g/mol. The Morgan fingerprint density at radius 1 is 0.972 bits per heavy atom. The Morgan fingerprint density at radius 2 is 1.44 bits per heavy atom. The van der Waals surface area contributed by atoms with Crippen molar-refractivity contribution in [1.29, 1.82) is 0 Å². The molecule has 3 heterocycles. The van der Waals surface area contributed by atoms with Gasteiger partial charge in [0.1, 0.15) is 0 Å². The number of hydrogen-bond acceptors (Lipinski definition) is 5. The number of carbonyl (C=O) groups excluding carboxylic acids is 1. The fourth-order valence-corrected chi connectivity index (χ4v) is 3.83. The number of piperidine rings is 1. The molecule has 1 aromatic rings. The van der Waals surface area contributed by atoms with E-state index in [1.807, 2.05) is 18.3 Å². The number of aliphatic carboxylic acids is 2. The number of hydrogen-bond donors (Lipinski definition) is 2. The second-order valence-corrected chi connectivity index (χ2v) is 8.88. The number of aromatic nitrogens is 1. The van der Waals surface area contributed by atoms with Gasteiger partial charge >= 0.3 is 24.3 Å². The van der Waals surface area contributed by atoms with Crippen LogP contribution in [0.4, 0.5) is 26.3 Å². The van der Waals surface area contributed by atoms with Crippen LogP contribution >= 0.6 is 0 Å². The molecule has 2 fully saturated rings. The first-order valence-electron chi connectivity index (χ1n) is 11.0. The van der Waals surface area contributed by atoms with E-state index in [1.54, 1.807) is 0 Å². The SMILES string of the molecule is CC(C)CN1CCC2(CCN(Cc3ccccn3)CC2)C1=O.O=C(O)C(F)(F)F.O=C(O)C(F)(F)F. The maximum absolute atomic E-state index is 12.8. The van der Waals surface area contributed by atoms with E-state index in [1.165, 1.54) is 0 Å². The number of amides is 1. The van der Waals surface area contributed by atoms with Crippen LogP contribution in [0.3, 0.4) is 0 Å². The van der Waals surface area contributed by atoms with Crippen molar-refractivity contribution in [2.24, 2.45) is 11.3 Å². The van der Waals surface area contributed by atoms with Crippen molar-refractivity contribution in [3.8, 4) is 0 Å². The Kier molecular flexibility index (Phi) is 11.1. The van der Waals surface area contributed by atoms with Crippen molar-refractivity contribution < 1.29 is 50.9 Å². The van der Waals surface area contributed by atoms with Crippen LogP contribution < -0.4 is 0 Å². The van der Waals surface area contributed by atoms with Gasteiger partial charge in [-0.25, -0.2) is 9.59 Å². The standard InChI is InChI=1S/C18H27N3O.2C2HF3O2/c1-15(2)13-21-12-8-18(17(21)22)6-10-20(11-7-18)14-16-5-3-4-9-19-16;2*3-2(4,5)1(6)7/h3-5,9,15H,6-8,10-14H2,1-2H3;2*(H,6,7). The summed E-state index contributed by atoms with van der Waals surface area (Å²) in [5.41, 5.74) is 1.06. The molecule has 1 amide bonds. The van der Waals surface area contributed by atoms with Gasteiger partial charge in [0.25, 0.3) is 0 Å². The van der Waals surface area contributed by atoms with Crippen molar-refractivity contribution in [1.82, 2.24) is 14.8 Å². The van der Waals surface area contributed by atoms with Gasteiger partial charge in [-0.3, -0.25) is 14.7 Å². The first-order valence-corrected chi connectivity index (χ1v) is 11.0. The van der Waals surface area contributed by atoms with E-state index in [0.29, 0.717) is 11.8 Å². The minimum atomic E-state index is -5.08. The number of nitrogens with zero attached hydrogens (tertiary/aromatic N) is 3. The average molecular weight is 529 g/mol. The lowest BCUT2D eigenvalue weighted by Gasteiger charge is -2.38. The van der Waals surface area contributed by atoms with Crippen LogP contribution in [0.15, 0.2) is 24.4 Å². The summed E-state index contributed by atoms with van der Waals surface area (Å²) in [7, 11) is 0. The third-order valence-corrected chi connectivity index (χ3v) is 5.60. The maximum Gasteiger partial charge on any atom is 0.490 e. The highest BCUT2D eigenvalue weighted by Gasteiger charge is 2.47. The molecule has 1 aromatic heterocycles. The van der Waals surface area contributed by atoms with E-state index in [4.69, 9.17) is 19.8 Å². The Labute approximate surface area is 203 Å². The molecule has 8 nitrogen and oxygen atoms in total. The second kappa shape index (κ2) is 12.9. The predicted octanol–water partition coefficient (Wildman–Crippen LogP) is 3.82. The zero-order valence-corrected chi connectivity index (χ0v) is 19.8. The normalized spacial score (nSPS) is 17.8. The number of halogens is 6. The molecule has 1 spiro atoms. The molecule has 204 valence electrons. The number of likely N-dealkylation sites (tertiary alicyclic amines) is 2. The summed E-state index contributed by atoms with van der Waals surface area (Å²) in [6.45, 7) is 9.17.